The number of hydrogen-bond donors (Lipinski definition) is 0. The summed E-state index contributed by atoms with van der Waals surface area (Å²) >= 11 is 5.90. The van der Waals surface area contributed by atoms with Gasteiger partial charge in [0.15, 0.2) is 9.84 Å². The van der Waals surface area contributed by atoms with E-state index in [9.17, 15) is 13.2 Å². The highest BCUT2D eigenvalue weighted by Crippen LogP contribution is 2.18. The molecule has 0 radical (unpaired) electrons. The van der Waals surface area contributed by atoms with Crippen LogP contribution < -0.4 is 0 Å². The maximum absolute atomic E-state index is 12.6. The molecular weight excluding hydrogens is 310 g/mol. The van der Waals surface area contributed by atoms with Crippen LogP contribution in [-0.2, 0) is 9.84 Å². The van der Waals surface area contributed by atoms with Gasteiger partial charge in [0, 0.05) is 28.9 Å². The molecule has 0 unspecified atom stereocenters. The Kier molecular flexibility index (Phi) is 6.23. The van der Waals surface area contributed by atoms with E-state index in [1.165, 1.54) is 0 Å². The Morgan fingerprint density at radius 2 is 1.95 bits per heavy atom. The maximum atomic E-state index is 12.6. The van der Waals surface area contributed by atoms with E-state index in [1.54, 1.807) is 36.9 Å². The lowest BCUT2D eigenvalue weighted by molar-refractivity contribution is 0.0718. The summed E-state index contributed by atoms with van der Waals surface area (Å²) in [6, 6.07) is 4.73. The smallest absolute Gasteiger partial charge is 0.254 e. The van der Waals surface area contributed by atoms with Crippen molar-refractivity contribution in [2.75, 3.05) is 18.1 Å². The molecule has 0 N–H and O–H groups in total. The van der Waals surface area contributed by atoms with E-state index in [2.05, 4.69) is 0 Å². The van der Waals surface area contributed by atoms with Crippen molar-refractivity contribution in [1.29, 1.82) is 0 Å². The molecule has 0 aliphatic rings. The van der Waals surface area contributed by atoms with Crippen LogP contribution in [0.15, 0.2) is 18.2 Å². The number of carbonyl (C=O) groups excluding carboxylic acids is 1. The molecule has 0 aromatic heterocycles. The van der Waals surface area contributed by atoms with Gasteiger partial charge in [0.25, 0.3) is 5.91 Å². The largest absolute Gasteiger partial charge is 0.335 e. The number of hydrogen-bond acceptors (Lipinski definition) is 3. The lowest BCUT2D eigenvalue weighted by atomic mass is 10.1. The highest BCUT2D eigenvalue weighted by molar-refractivity contribution is 7.91. The van der Waals surface area contributed by atoms with Gasteiger partial charge in [0.05, 0.1) is 5.75 Å². The molecular formula is C15H22ClNO3S. The first-order chi connectivity index (χ1) is 9.71. The van der Waals surface area contributed by atoms with Gasteiger partial charge in [-0.25, -0.2) is 8.42 Å². The van der Waals surface area contributed by atoms with E-state index < -0.39 is 9.84 Å². The van der Waals surface area contributed by atoms with E-state index in [-0.39, 0.29) is 23.5 Å². The summed E-state index contributed by atoms with van der Waals surface area (Å²) in [5, 5.41) is 0.578. The Hall–Kier alpha value is -1.07. The maximum Gasteiger partial charge on any atom is 0.254 e. The van der Waals surface area contributed by atoms with Crippen LogP contribution in [0.5, 0.6) is 0 Å². The Morgan fingerprint density at radius 3 is 2.43 bits per heavy atom. The highest BCUT2D eigenvalue weighted by Gasteiger charge is 2.25. The number of rotatable bonds is 6. The van der Waals surface area contributed by atoms with Crippen LogP contribution >= 0.6 is 11.6 Å². The molecule has 0 fully saturated rings. The molecule has 1 aromatic rings. The lowest BCUT2D eigenvalue weighted by Gasteiger charge is -2.28. The zero-order valence-corrected chi connectivity index (χ0v) is 14.5. The zero-order chi connectivity index (χ0) is 16.2. The molecule has 1 amide bonds. The molecule has 0 aliphatic carbocycles. The van der Waals surface area contributed by atoms with Crippen molar-refractivity contribution in [3.63, 3.8) is 0 Å². The van der Waals surface area contributed by atoms with Crippen LogP contribution in [0.4, 0.5) is 0 Å². The van der Waals surface area contributed by atoms with E-state index in [1.807, 2.05) is 13.8 Å². The molecule has 0 bridgehead atoms. The van der Waals surface area contributed by atoms with Crippen molar-refractivity contribution in [2.24, 2.45) is 0 Å². The minimum absolute atomic E-state index is 0.0181. The average molecular weight is 332 g/mol. The number of aryl methyl sites for hydroxylation is 1. The van der Waals surface area contributed by atoms with Crippen molar-refractivity contribution < 1.29 is 13.2 Å². The predicted octanol–water partition coefficient (Wildman–Crippen LogP) is 2.93. The van der Waals surface area contributed by atoms with Gasteiger partial charge in [-0.1, -0.05) is 18.5 Å². The van der Waals surface area contributed by atoms with E-state index in [4.69, 9.17) is 11.6 Å². The molecule has 0 saturated heterocycles. The van der Waals surface area contributed by atoms with E-state index >= 15 is 0 Å². The van der Waals surface area contributed by atoms with Crippen LogP contribution in [0.1, 0.15) is 36.7 Å². The van der Waals surface area contributed by atoms with Crippen molar-refractivity contribution in [3.8, 4) is 0 Å². The molecule has 6 heteroatoms. The number of halogens is 1. The lowest BCUT2D eigenvalue weighted by Crippen LogP contribution is -2.42. The van der Waals surface area contributed by atoms with E-state index in [0.717, 1.165) is 5.56 Å². The molecule has 21 heavy (non-hydrogen) atoms. The molecule has 4 nitrogen and oxygen atoms in total. The molecule has 1 atom stereocenters. The van der Waals surface area contributed by atoms with Crippen LogP contribution in [-0.4, -0.2) is 43.3 Å². The van der Waals surface area contributed by atoms with Crippen LogP contribution in [0.3, 0.4) is 0 Å². The van der Waals surface area contributed by atoms with Crippen LogP contribution in [0.2, 0.25) is 5.02 Å². The molecule has 1 aromatic carbocycles. The fourth-order valence-corrected chi connectivity index (χ4v) is 3.63. The highest BCUT2D eigenvalue weighted by atomic mass is 35.5. The first-order valence-electron chi connectivity index (χ1n) is 6.99. The Labute approximate surface area is 132 Å². The van der Waals surface area contributed by atoms with Gasteiger partial charge in [-0.15, -0.1) is 0 Å². The molecule has 0 spiro atoms. The topological polar surface area (TPSA) is 54.5 Å². The third-order valence-electron chi connectivity index (χ3n) is 3.49. The van der Waals surface area contributed by atoms with Gasteiger partial charge >= 0.3 is 0 Å². The number of amides is 1. The van der Waals surface area contributed by atoms with Crippen LogP contribution in [0.25, 0.3) is 0 Å². The minimum atomic E-state index is -3.12. The fourth-order valence-electron chi connectivity index (χ4n) is 2.25. The summed E-state index contributed by atoms with van der Waals surface area (Å²) in [7, 11) is -3.12. The van der Waals surface area contributed by atoms with Crippen molar-refractivity contribution >= 4 is 27.3 Å². The monoisotopic (exact) mass is 331 g/mol. The molecule has 0 aliphatic heterocycles. The summed E-state index contributed by atoms with van der Waals surface area (Å²) < 4.78 is 23.5. The Balaban J connectivity index is 3.01. The Morgan fingerprint density at radius 1 is 1.33 bits per heavy atom. The molecule has 0 saturated carbocycles. The summed E-state index contributed by atoms with van der Waals surface area (Å²) in [5.74, 6) is -0.0934. The second-order valence-corrected chi connectivity index (χ2v) is 7.93. The average Bonchev–Trinajstić information content (AvgIpc) is 2.38. The minimum Gasteiger partial charge on any atom is -0.335 e. The van der Waals surface area contributed by atoms with Crippen molar-refractivity contribution in [1.82, 2.24) is 4.90 Å². The second-order valence-electron chi connectivity index (χ2n) is 5.10. The molecule has 118 valence electrons. The van der Waals surface area contributed by atoms with Gasteiger partial charge in [-0.2, -0.15) is 0 Å². The third kappa shape index (κ3) is 4.71. The van der Waals surface area contributed by atoms with Gasteiger partial charge in [0.1, 0.15) is 0 Å². The van der Waals surface area contributed by atoms with Gasteiger partial charge in [-0.3, -0.25) is 4.79 Å². The SMILES string of the molecule is CCN(C(=O)c1ccc(Cl)cc1C)[C@@H](C)CS(=O)(=O)CC. The summed E-state index contributed by atoms with van der Waals surface area (Å²) in [4.78, 5) is 14.2. The first-order valence-corrected chi connectivity index (χ1v) is 9.19. The van der Waals surface area contributed by atoms with Crippen molar-refractivity contribution in [2.45, 2.75) is 33.7 Å². The van der Waals surface area contributed by atoms with Gasteiger partial charge < -0.3 is 4.90 Å². The number of benzene rings is 1. The van der Waals surface area contributed by atoms with Gasteiger partial charge in [0.2, 0.25) is 0 Å². The zero-order valence-electron chi connectivity index (χ0n) is 12.9. The number of carbonyl (C=O) groups is 1. The number of sulfone groups is 1. The normalized spacial score (nSPS) is 13.0. The molecule has 0 heterocycles. The summed E-state index contributed by atoms with van der Waals surface area (Å²) in [6.07, 6.45) is 0. The molecule has 1 rings (SSSR count). The quantitative estimate of drug-likeness (QED) is 0.805. The van der Waals surface area contributed by atoms with E-state index in [0.29, 0.717) is 17.1 Å². The fraction of sp³-hybridized carbons (Fsp3) is 0.533. The summed E-state index contributed by atoms with van der Waals surface area (Å²) in [6.45, 7) is 7.50. The van der Waals surface area contributed by atoms with Crippen LogP contribution in [0, 0.1) is 6.92 Å². The standard InChI is InChI=1S/C15H22ClNO3S/c1-5-17(12(4)10-21(19,20)6-2)15(18)14-8-7-13(16)9-11(14)3/h7-9,12H,5-6,10H2,1-4H3/t12-/m0/s1. The first kappa shape index (κ1) is 18.0. The Bertz CT molecular complexity index is 613. The predicted molar refractivity (Wildman–Crippen MR) is 86.7 cm³/mol. The second kappa shape index (κ2) is 7.27. The van der Waals surface area contributed by atoms with Gasteiger partial charge in [-0.05, 0) is 44.5 Å². The van der Waals surface area contributed by atoms with Crippen molar-refractivity contribution in [3.05, 3.63) is 34.3 Å². The summed E-state index contributed by atoms with van der Waals surface area (Å²) in [5.41, 5.74) is 1.35. The third-order valence-corrected chi connectivity index (χ3v) is 5.59. The number of nitrogens with zero attached hydrogens (tertiary/aromatic N) is 1.